The van der Waals surface area contributed by atoms with Gasteiger partial charge in [0.15, 0.2) is 0 Å². The fraction of sp³-hybridized carbons (Fsp3) is 0.467. The van der Waals surface area contributed by atoms with E-state index < -0.39 is 0 Å². The van der Waals surface area contributed by atoms with E-state index in [9.17, 15) is 0 Å². The summed E-state index contributed by atoms with van der Waals surface area (Å²) >= 11 is 0. The number of allylic oxidation sites excluding steroid dienone is 1. The molecular formula is C15H20O2. The average molecular weight is 232 g/mol. The Bertz CT molecular complexity index is 398. The van der Waals surface area contributed by atoms with Crippen LogP contribution in [0.3, 0.4) is 0 Å². The van der Waals surface area contributed by atoms with Gasteiger partial charge in [-0.3, -0.25) is 0 Å². The topological polar surface area (TPSA) is 29.5 Å². The zero-order chi connectivity index (χ0) is 12.3. The fourth-order valence-corrected chi connectivity index (χ4v) is 2.35. The van der Waals surface area contributed by atoms with E-state index in [0.29, 0.717) is 0 Å². The minimum atomic E-state index is 0.0886. The first-order valence-electron chi connectivity index (χ1n) is 6.25. The minimum Gasteiger partial charge on any atom is -0.486 e. The van der Waals surface area contributed by atoms with Gasteiger partial charge in [0, 0.05) is 0 Å². The van der Waals surface area contributed by atoms with E-state index in [1.54, 1.807) is 0 Å². The van der Waals surface area contributed by atoms with Gasteiger partial charge in [-0.2, -0.15) is 0 Å². The van der Waals surface area contributed by atoms with Gasteiger partial charge < -0.3 is 9.84 Å². The first-order chi connectivity index (χ1) is 8.20. The standard InChI is InChI=1S/C15H20O2/c1-11-8-13(10-16)9-12(2)15(11)17-14-6-4-3-5-7-14/h4,6,8-9,14,16H,3,5,7,10H2,1-2H3. The molecular weight excluding hydrogens is 212 g/mol. The third kappa shape index (κ3) is 2.89. The Hall–Kier alpha value is -1.28. The molecule has 2 rings (SSSR count). The van der Waals surface area contributed by atoms with E-state index in [1.165, 1.54) is 12.8 Å². The number of hydrogen-bond acceptors (Lipinski definition) is 2. The zero-order valence-corrected chi connectivity index (χ0v) is 10.6. The second-order valence-electron chi connectivity index (χ2n) is 4.73. The lowest BCUT2D eigenvalue weighted by Gasteiger charge is -2.21. The summed E-state index contributed by atoms with van der Waals surface area (Å²) in [7, 11) is 0. The number of aryl methyl sites for hydroxylation is 2. The highest BCUT2D eigenvalue weighted by Gasteiger charge is 2.13. The van der Waals surface area contributed by atoms with Crippen LogP contribution in [0.15, 0.2) is 24.3 Å². The average Bonchev–Trinajstić information content (AvgIpc) is 2.35. The molecule has 0 radical (unpaired) electrons. The second kappa shape index (κ2) is 5.37. The number of ether oxygens (including phenoxy) is 1. The van der Waals surface area contributed by atoms with Crippen molar-refractivity contribution >= 4 is 0 Å². The molecule has 92 valence electrons. The molecule has 17 heavy (non-hydrogen) atoms. The molecule has 0 saturated carbocycles. The number of rotatable bonds is 3. The highest BCUT2D eigenvalue weighted by Crippen LogP contribution is 2.28. The Morgan fingerprint density at radius 1 is 1.29 bits per heavy atom. The molecule has 2 nitrogen and oxygen atoms in total. The van der Waals surface area contributed by atoms with Crippen LogP contribution in [0.4, 0.5) is 0 Å². The first kappa shape index (κ1) is 12.2. The van der Waals surface area contributed by atoms with Crippen molar-refractivity contribution in [2.45, 2.75) is 45.8 Å². The highest BCUT2D eigenvalue weighted by molar-refractivity contribution is 5.43. The van der Waals surface area contributed by atoms with Crippen LogP contribution in [0.5, 0.6) is 5.75 Å². The fourth-order valence-electron chi connectivity index (χ4n) is 2.35. The van der Waals surface area contributed by atoms with Crippen molar-refractivity contribution in [3.8, 4) is 5.75 Å². The van der Waals surface area contributed by atoms with Gasteiger partial charge in [0.25, 0.3) is 0 Å². The van der Waals surface area contributed by atoms with Gasteiger partial charge in [-0.25, -0.2) is 0 Å². The van der Waals surface area contributed by atoms with Crippen molar-refractivity contribution in [2.75, 3.05) is 0 Å². The third-order valence-corrected chi connectivity index (χ3v) is 3.18. The Labute approximate surface area is 103 Å². The molecule has 0 saturated heterocycles. The number of benzene rings is 1. The quantitative estimate of drug-likeness (QED) is 0.810. The van der Waals surface area contributed by atoms with Gasteiger partial charge in [0.05, 0.1) is 6.61 Å². The summed E-state index contributed by atoms with van der Waals surface area (Å²) in [6.07, 6.45) is 8.02. The Morgan fingerprint density at radius 3 is 2.53 bits per heavy atom. The molecule has 1 aromatic rings. The second-order valence-corrected chi connectivity index (χ2v) is 4.73. The van der Waals surface area contributed by atoms with Crippen LogP contribution in [0.2, 0.25) is 0 Å². The van der Waals surface area contributed by atoms with E-state index in [2.05, 4.69) is 12.2 Å². The maximum absolute atomic E-state index is 9.15. The summed E-state index contributed by atoms with van der Waals surface area (Å²) in [5.41, 5.74) is 3.16. The molecule has 1 aliphatic rings. The molecule has 0 bridgehead atoms. The number of aliphatic hydroxyl groups is 1. The lowest BCUT2D eigenvalue weighted by atomic mass is 10.0. The Balaban J connectivity index is 2.20. The monoisotopic (exact) mass is 232 g/mol. The van der Waals surface area contributed by atoms with E-state index in [0.717, 1.165) is 28.9 Å². The first-order valence-corrected chi connectivity index (χ1v) is 6.25. The smallest absolute Gasteiger partial charge is 0.126 e. The van der Waals surface area contributed by atoms with Crippen LogP contribution < -0.4 is 4.74 Å². The minimum absolute atomic E-state index is 0.0886. The van der Waals surface area contributed by atoms with Gasteiger partial charge in [0.1, 0.15) is 11.9 Å². The van der Waals surface area contributed by atoms with Crippen LogP contribution in [0.25, 0.3) is 0 Å². The number of aliphatic hydroxyl groups excluding tert-OH is 1. The van der Waals surface area contributed by atoms with Crippen molar-refractivity contribution in [1.82, 2.24) is 0 Å². The van der Waals surface area contributed by atoms with Crippen LogP contribution in [0, 0.1) is 13.8 Å². The van der Waals surface area contributed by atoms with Gasteiger partial charge in [-0.15, -0.1) is 0 Å². The summed E-state index contributed by atoms with van der Waals surface area (Å²) in [5, 5.41) is 9.15. The molecule has 0 aromatic heterocycles. The molecule has 0 fully saturated rings. The van der Waals surface area contributed by atoms with Crippen molar-refractivity contribution in [3.63, 3.8) is 0 Å². The Morgan fingerprint density at radius 2 is 2.00 bits per heavy atom. The SMILES string of the molecule is Cc1cc(CO)cc(C)c1OC1C=CCCC1. The zero-order valence-electron chi connectivity index (χ0n) is 10.6. The number of hydrogen-bond donors (Lipinski definition) is 1. The summed E-state index contributed by atoms with van der Waals surface area (Å²) in [6.45, 7) is 4.16. The van der Waals surface area contributed by atoms with Crippen molar-refractivity contribution in [1.29, 1.82) is 0 Å². The van der Waals surface area contributed by atoms with Gasteiger partial charge in [-0.05, 0) is 55.9 Å². The summed E-state index contributed by atoms with van der Waals surface area (Å²) in [5.74, 6) is 0.971. The van der Waals surface area contributed by atoms with E-state index >= 15 is 0 Å². The maximum atomic E-state index is 9.15. The Kier molecular flexibility index (Phi) is 3.85. The lowest BCUT2D eigenvalue weighted by Crippen LogP contribution is -2.17. The predicted molar refractivity (Wildman–Crippen MR) is 69.2 cm³/mol. The molecule has 1 aromatic carbocycles. The molecule has 1 atom stereocenters. The van der Waals surface area contributed by atoms with E-state index in [1.807, 2.05) is 26.0 Å². The van der Waals surface area contributed by atoms with Crippen molar-refractivity contribution < 1.29 is 9.84 Å². The van der Waals surface area contributed by atoms with Gasteiger partial charge >= 0.3 is 0 Å². The lowest BCUT2D eigenvalue weighted by molar-refractivity contribution is 0.226. The predicted octanol–water partition coefficient (Wildman–Crippen LogP) is 3.28. The summed E-state index contributed by atoms with van der Waals surface area (Å²) < 4.78 is 6.05. The normalized spacial score (nSPS) is 19.4. The maximum Gasteiger partial charge on any atom is 0.126 e. The van der Waals surface area contributed by atoms with Gasteiger partial charge in [-0.1, -0.05) is 18.2 Å². The molecule has 1 N–H and O–H groups in total. The van der Waals surface area contributed by atoms with Gasteiger partial charge in [0.2, 0.25) is 0 Å². The molecule has 0 aliphatic heterocycles. The van der Waals surface area contributed by atoms with Crippen molar-refractivity contribution in [3.05, 3.63) is 41.0 Å². The molecule has 1 aliphatic carbocycles. The third-order valence-electron chi connectivity index (χ3n) is 3.18. The largest absolute Gasteiger partial charge is 0.486 e. The van der Waals surface area contributed by atoms with Crippen molar-refractivity contribution in [2.24, 2.45) is 0 Å². The van der Waals surface area contributed by atoms with Crippen LogP contribution in [-0.4, -0.2) is 11.2 Å². The van der Waals surface area contributed by atoms with Crippen LogP contribution in [-0.2, 0) is 6.61 Å². The highest BCUT2D eigenvalue weighted by atomic mass is 16.5. The molecule has 0 amide bonds. The van der Waals surface area contributed by atoms with Crippen LogP contribution >= 0.6 is 0 Å². The summed E-state index contributed by atoms with van der Waals surface area (Å²) in [6, 6.07) is 3.99. The molecule has 2 heteroatoms. The van der Waals surface area contributed by atoms with E-state index in [4.69, 9.17) is 9.84 Å². The molecule has 0 heterocycles. The summed E-state index contributed by atoms with van der Waals surface area (Å²) in [4.78, 5) is 0. The molecule has 0 spiro atoms. The van der Waals surface area contributed by atoms with E-state index in [-0.39, 0.29) is 12.7 Å². The molecule has 1 unspecified atom stereocenters. The van der Waals surface area contributed by atoms with Crippen LogP contribution in [0.1, 0.15) is 36.0 Å².